The van der Waals surface area contributed by atoms with Gasteiger partial charge in [0.25, 0.3) is 0 Å². The molecule has 1 aliphatic carbocycles. The quantitative estimate of drug-likeness (QED) is 0.470. The molecule has 1 saturated heterocycles. The van der Waals surface area contributed by atoms with Crippen molar-refractivity contribution in [2.24, 2.45) is 11.3 Å². The summed E-state index contributed by atoms with van der Waals surface area (Å²) in [5, 5.41) is 0.690. The van der Waals surface area contributed by atoms with Crippen LogP contribution in [0.3, 0.4) is 0 Å². The van der Waals surface area contributed by atoms with Gasteiger partial charge in [0.05, 0.1) is 28.2 Å². The molecule has 0 spiro atoms. The van der Waals surface area contributed by atoms with Crippen LogP contribution < -0.4 is 4.72 Å². The number of hydrogen-bond acceptors (Lipinski definition) is 3. The number of carbonyl (C=O) groups excluding carboxylic acids is 1. The molecule has 176 valence electrons. The molecule has 3 unspecified atom stereocenters. The Kier molecular flexibility index (Phi) is 7.67. The minimum atomic E-state index is -1.24. The molecular weight excluding hydrogens is 454 g/mol. The van der Waals surface area contributed by atoms with Gasteiger partial charge in [-0.15, -0.1) is 6.58 Å². The highest BCUT2D eigenvalue weighted by Crippen LogP contribution is 2.47. The molecule has 2 fully saturated rings. The number of nitrogens with one attached hydrogen (secondary N) is 1. The maximum Gasteiger partial charge on any atom is 0.229 e. The predicted molar refractivity (Wildman–Crippen MR) is 134 cm³/mol. The number of hydrogen-bond donors (Lipinski definition) is 1. The summed E-state index contributed by atoms with van der Waals surface area (Å²) in [7, 11) is -1.24. The van der Waals surface area contributed by atoms with Gasteiger partial charge in [-0.2, -0.15) is 0 Å². The van der Waals surface area contributed by atoms with Crippen LogP contribution in [-0.2, 0) is 21.5 Å². The topological polar surface area (TPSA) is 62.3 Å². The van der Waals surface area contributed by atoms with Crippen LogP contribution in [0, 0.1) is 11.3 Å². The second-order valence-corrected chi connectivity index (χ2v) is 11.2. The predicted octanol–water partition coefficient (Wildman–Crippen LogP) is 5.21. The molecule has 1 aromatic heterocycles. The van der Waals surface area contributed by atoms with E-state index in [4.69, 9.17) is 11.6 Å². The first kappa shape index (κ1) is 24.1. The minimum Gasteiger partial charge on any atom is -0.331 e. The van der Waals surface area contributed by atoms with Crippen molar-refractivity contribution in [2.75, 3.05) is 6.54 Å². The largest absolute Gasteiger partial charge is 0.331 e. The Morgan fingerprint density at radius 3 is 2.70 bits per heavy atom. The number of amides is 1. The number of piperidine rings is 1. The lowest BCUT2D eigenvalue weighted by molar-refractivity contribution is -0.153. The normalized spacial score (nSPS) is 25.0. The Hall–Kier alpha value is -2.02. The zero-order valence-electron chi connectivity index (χ0n) is 19.1. The van der Waals surface area contributed by atoms with Crippen molar-refractivity contribution in [1.82, 2.24) is 14.6 Å². The Morgan fingerprint density at radius 2 is 2.06 bits per heavy atom. The van der Waals surface area contributed by atoms with E-state index in [1.807, 2.05) is 42.5 Å². The second kappa shape index (κ2) is 10.5. The van der Waals surface area contributed by atoms with Gasteiger partial charge < -0.3 is 4.90 Å². The third-order valence-electron chi connectivity index (χ3n) is 6.90. The van der Waals surface area contributed by atoms with Crippen LogP contribution in [0.15, 0.2) is 61.4 Å². The molecule has 0 radical (unpaired) electrons. The molecule has 1 aliphatic heterocycles. The van der Waals surface area contributed by atoms with Crippen molar-refractivity contribution >= 4 is 28.5 Å². The van der Waals surface area contributed by atoms with Crippen molar-refractivity contribution < 1.29 is 9.00 Å². The van der Waals surface area contributed by atoms with E-state index >= 15 is 0 Å². The fourth-order valence-corrected chi connectivity index (χ4v) is 5.95. The number of benzene rings is 1. The molecule has 4 rings (SSSR count). The average Bonchev–Trinajstić information content (AvgIpc) is 3.64. The number of carbonyl (C=O) groups is 1. The first-order valence-electron chi connectivity index (χ1n) is 11.6. The van der Waals surface area contributed by atoms with Gasteiger partial charge in [-0.25, -0.2) is 8.93 Å². The highest BCUT2D eigenvalue weighted by Gasteiger charge is 2.49. The molecule has 1 saturated carbocycles. The third kappa shape index (κ3) is 5.73. The summed E-state index contributed by atoms with van der Waals surface area (Å²) in [6.07, 6.45) is 9.86. The van der Waals surface area contributed by atoms with Gasteiger partial charge in [0.1, 0.15) is 0 Å². The summed E-state index contributed by atoms with van der Waals surface area (Å²) < 4.78 is 16.0. The molecule has 1 amide bonds. The van der Waals surface area contributed by atoms with Gasteiger partial charge >= 0.3 is 0 Å². The van der Waals surface area contributed by atoms with E-state index in [-0.39, 0.29) is 18.0 Å². The maximum absolute atomic E-state index is 13.9. The van der Waals surface area contributed by atoms with Crippen LogP contribution in [0.25, 0.3) is 0 Å². The number of pyridine rings is 1. The lowest BCUT2D eigenvalue weighted by Gasteiger charge is -2.48. The van der Waals surface area contributed by atoms with E-state index < -0.39 is 16.4 Å². The molecule has 7 heteroatoms. The number of aromatic nitrogens is 1. The zero-order chi connectivity index (χ0) is 23.4. The van der Waals surface area contributed by atoms with Gasteiger partial charge in [0, 0.05) is 30.0 Å². The number of halogens is 1. The van der Waals surface area contributed by atoms with Crippen LogP contribution in [-0.4, -0.2) is 32.6 Å². The van der Waals surface area contributed by atoms with E-state index in [0.717, 1.165) is 36.8 Å². The molecule has 33 heavy (non-hydrogen) atoms. The van der Waals surface area contributed by atoms with E-state index in [1.54, 1.807) is 12.4 Å². The fourth-order valence-electron chi connectivity index (χ4n) is 4.89. The first-order chi connectivity index (χ1) is 15.9. The molecule has 5 nitrogen and oxygen atoms in total. The molecule has 2 aromatic rings. The molecule has 4 atom stereocenters. The second-order valence-electron chi connectivity index (χ2n) is 9.48. The molecule has 0 bridgehead atoms. The summed E-state index contributed by atoms with van der Waals surface area (Å²) in [6.45, 7) is 6.46. The van der Waals surface area contributed by atoms with E-state index in [9.17, 15) is 9.00 Å². The lowest BCUT2D eigenvalue weighted by Crippen LogP contribution is -2.56. The van der Waals surface area contributed by atoms with Gasteiger partial charge in [-0.3, -0.25) is 9.78 Å². The number of allylic oxidation sites excluding steroid dienone is 1. The average molecular weight is 486 g/mol. The van der Waals surface area contributed by atoms with Crippen molar-refractivity contribution in [2.45, 2.75) is 56.9 Å². The zero-order valence-corrected chi connectivity index (χ0v) is 20.7. The fraction of sp³-hybridized carbons (Fsp3) is 0.462. The number of rotatable bonds is 10. The highest BCUT2D eigenvalue weighted by molar-refractivity contribution is 7.82. The van der Waals surface area contributed by atoms with Crippen LogP contribution >= 0.6 is 11.6 Å². The monoisotopic (exact) mass is 485 g/mol. The van der Waals surface area contributed by atoms with E-state index in [1.165, 1.54) is 0 Å². The highest BCUT2D eigenvalue weighted by atomic mass is 35.5. The molecule has 1 aromatic carbocycles. The number of likely N-dealkylation sites (tertiary alicyclic amines) is 1. The van der Waals surface area contributed by atoms with Gasteiger partial charge in [0.2, 0.25) is 5.91 Å². The van der Waals surface area contributed by atoms with Gasteiger partial charge in [-0.05, 0) is 67.3 Å². The van der Waals surface area contributed by atoms with E-state index in [0.29, 0.717) is 29.7 Å². The summed E-state index contributed by atoms with van der Waals surface area (Å²) in [5.41, 5.74) is 1.58. The van der Waals surface area contributed by atoms with Crippen LogP contribution in [0.4, 0.5) is 0 Å². The van der Waals surface area contributed by atoms with Crippen LogP contribution in [0.5, 0.6) is 0 Å². The smallest absolute Gasteiger partial charge is 0.229 e. The Bertz CT molecular complexity index is 996. The summed E-state index contributed by atoms with van der Waals surface area (Å²) in [5.74, 6) is 0.997. The van der Waals surface area contributed by atoms with E-state index in [2.05, 4.69) is 28.1 Å². The summed E-state index contributed by atoms with van der Waals surface area (Å²) in [4.78, 5) is 20.1. The van der Waals surface area contributed by atoms with Crippen molar-refractivity contribution in [3.63, 3.8) is 0 Å². The third-order valence-corrected chi connectivity index (χ3v) is 8.24. The Morgan fingerprint density at radius 1 is 1.30 bits per heavy atom. The first-order valence-corrected chi connectivity index (χ1v) is 13.3. The summed E-state index contributed by atoms with van der Waals surface area (Å²) >= 11 is 6.14. The van der Waals surface area contributed by atoms with Gasteiger partial charge in [0.15, 0.2) is 0 Å². The molecular formula is C26H32ClN3O2S. The standard InChI is InChI=1S/C26H32ClN3O2S/c1-3-13-26(2)14-12-23(20-8-10-22(27)11-9-20)30(25(26)31)24(21-6-7-21)17-29-33(32)18-19-5-4-15-28-16-19/h3-5,8-11,15-16,21,23-24,29H,1,6-7,12-14,17-18H2,2H3/t23?,24?,26-,33?/m0/s1. The molecule has 2 aliphatic rings. The minimum absolute atomic E-state index is 0.000432. The van der Waals surface area contributed by atoms with Crippen molar-refractivity contribution in [3.8, 4) is 0 Å². The van der Waals surface area contributed by atoms with Crippen LogP contribution in [0.1, 0.15) is 56.2 Å². The Balaban J connectivity index is 1.57. The van der Waals surface area contributed by atoms with Crippen molar-refractivity contribution in [3.05, 3.63) is 77.6 Å². The Labute approximate surface area is 204 Å². The molecule has 2 heterocycles. The SMILES string of the molecule is C=CC[C@@]1(C)CCC(c2ccc(Cl)cc2)N(C(CNS(=O)Cc2cccnc2)C2CC2)C1=O. The van der Waals surface area contributed by atoms with Crippen LogP contribution in [0.2, 0.25) is 5.02 Å². The number of nitrogens with zero attached hydrogens (tertiary/aromatic N) is 2. The summed E-state index contributed by atoms with van der Waals surface area (Å²) in [6, 6.07) is 11.6. The maximum atomic E-state index is 13.9. The lowest BCUT2D eigenvalue weighted by atomic mass is 9.74. The van der Waals surface area contributed by atoms with Gasteiger partial charge in [-0.1, -0.05) is 42.8 Å². The van der Waals surface area contributed by atoms with Crippen molar-refractivity contribution in [1.29, 1.82) is 0 Å². The molecule has 1 N–H and O–H groups in total.